The van der Waals surface area contributed by atoms with Crippen molar-refractivity contribution in [2.24, 2.45) is 0 Å². The average Bonchev–Trinajstić information content (AvgIpc) is 2.18. The van der Waals surface area contributed by atoms with Gasteiger partial charge in [-0.2, -0.15) is 0 Å². The number of nitrogens with zero attached hydrogens (tertiary/aromatic N) is 1. The molecule has 0 amide bonds. The molecule has 0 radical (unpaired) electrons. The second-order valence-electron chi connectivity index (χ2n) is 3.76. The van der Waals surface area contributed by atoms with Crippen LogP contribution < -0.4 is 5.32 Å². The van der Waals surface area contributed by atoms with Crippen molar-refractivity contribution in [1.82, 2.24) is 10.2 Å². The van der Waals surface area contributed by atoms with Crippen molar-refractivity contribution in [2.45, 2.75) is 13.0 Å². The summed E-state index contributed by atoms with van der Waals surface area (Å²) >= 11 is 0. The van der Waals surface area contributed by atoms with Gasteiger partial charge in [0, 0.05) is 39.3 Å². The Balaban J connectivity index is 0.00000196. The molecular formula is C10H23ClN2O2. The van der Waals surface area contributed by atoms with E-state index in [1.54, 1.807) is 7.11 Å². The molecule has 1 atom stereocenters. The molecule has 1 aliphatic rings. The third kappa shape index (κ3) is 7.09. The van der Waals surface area contributed by atoms with Gasteiger partial charge in [-0.25, -0.2) is 0 Å². The molecule has 1 rings (SSSR count). The Bertz CT molecular complexity index is 149. The third-order valence-corrected chi connectivity index (χ3v) is 2.44. The highest BCUT2D eigenvalue weighted by Crippen LogP contribution is 1.97. The molecule has 0 spiro atoms. The molecule has 1 heterocycles. The Morgan fingerprint density at radius 2 is 2.13 bits per heavy atom. The molecule has 1 aliphatic heterocycles. The molecule has 92 valence electrons. The average molecular weight is 239 g/mol. The monoisotopic (exact) mass is 238 g/mol. The van der Waals surface area contributed by atoms with Crippen LogP contribution in [-0.4, -0.2) is 64.1 Å². The zero-order valence-corrected chi connectivity index (χ0v) is 10.5. The topological polar surface area (TPSA) is 33.7 Å². The van der Waals surface area contributed by atoms with Crippen molar-refractivity contribution in [3.63, 3.8) is 0 Å². The van der Waals surface area contributed by atoms with E-state index in [-0.39, 0.29) is 12.4 Å². The molecule has 0 bridgehead atoms. The minimum Gasteiger partial charge on any atom is -0.382 e. The number of methoxy groups -OCH3 is 1. The fourth-order valence-corrected chi connectivity index (χ4v) is 1.65. The number of piperazine rings is 1. The van der Waals surface area contributed by atoms with Crippen LogP contribution >= 0.6 is 12.4 Å². The second kappa shape index (κ2) is 9.36. The maximum Gasteiger partial charge on any atom is 0.0700 e. The number of rotatable bonds is 6. The van der Waals surface area contributed by atoms with E-state index in [0.29, 0.717) is 19.3 Å². The summed E-state index contributed by atoms with van der Waals surface area (Å²) in [6.07, 6.45) is 0. The lowest BCUT2D eigenvalue weighted by molar-refractivity contribution is 0.0529. The Labute approximate surface area is 98.7 Å². The lowest BCUT2D eigenvalue weighted by Gasteiger charge is -2.31. The summed E-state index contributed by atoms with van der Waals surface area (Å²) in [6.45, 7) is 8.84. The van der Waals surface area contributed by atoms with Crippen LogP contribution in [0.1, 0.15) is 6.92 Å². The summed E-state index contributed by atoms with van der Waals surface area (Å²) in [5.74, 6) is 0. The van der Waals surface area contributed by atoms with Crippen LogP contribution in [0.25, 0.3) is 0 Å². The molecule has 1 N–H and O–H groups in total. The van der Waals surface area contributed by atoms with Gasteiger partial charge in [0.1, 0.15) is 0 Å². The Kier molecular flexibility index (Phi) is 9.44. The van der Waals surface area contributed by atoms with Gasteiger partial charge in [-0.3, -0.25) is 4.90 Å². The van der Waals surface area contributed by atoms with Crippen LogP contribution in [0.15, 0.2) is 0 Å². The molecule has 1 fully saturated rings. The normalized spacial score (nSPS) is 22.4. The molecule has 15 heavy (non-hydrogen) atoms. The van der Waals surface area contributed by atoms with Gasteiger partial charge in [-0.05, 0) is 6.92 Å². The van der Waals surface area contributed by atoms with Crippen LogP contribution in [0.4, 0.5) is 0 Å². The zero-order chi connectivity index (χ0) is 10.2. The Morgan fingerprint density at radius 3 is 2.80 bits per heavy atom. The molecule has 4 nitrogen and oxygen atoms in total. The maximum atomic E-state index is 5.42. The standard InChI is InChI=1S/C10H22N2O2.ClH/c1-10-9-12(4-3-11-10)5-6-14-8-7-13-2;/h10-11H,3-9H2,1-2H3;1H. The molecule has 1 saturated heterocycles. The van der Waals surface area contributed by atoms with Crippen LogP contribution in [0.2, 0.25) is 0 Å². The number of hydrogen-bond acceptors (Lipinski definition) is 4. The lowest BCUT2D eigenvalue weighted by atomic mass is 10.2. The quantitative estimate of drug-likeness (QED) is 0.678. The van der Waals surface area contributed by atoms with Gasteiger partial charge < -0.3 is 14.8 Å². The fourth-order valence-electron chi connectivity index (χ4n) is 1.65. The zero-order valence-electron chi connectivity index (χ0n) is 9.70. The highest BCUT2D eigenvalue weighted by atomic mass is 35.5. The lowest BCUT2D eigenvalue weighted by Crippen LogP contribution is -2.49. The van der Waals surface area contributed by atoms with Crippen molar-refractivity contribution in [2.75, 3.05) is 53.1 Å². The molecule has 0 aliphatic carbocycles. The molecule has 0 saturated carbocycles. The first-order chi connectivity index (χ1) is 6.83. The van der Waals surface area contributed by atoms with Gasteiger partial charge in [-0.1, -0.05) is 0 Å². The SMILES string of the molecule is COCCOCCN1CCNC(C)C1.Cl. The Hall–Kier alpha value is 0.130. The number of hydrogen-bond donors (Lipinski definition) is 1. The molecule has 0 aromatic rings. The third-order valence-electron chi connectivity index (χ3n) is 2.44. The number of nitrogens with one attached hydrogen (secondary N) is 1. The van der Waals surface area contributed by atoms with Gasteiger partial charge in [-0.15, -0.1) is 12.4 Å². The predicted octanol–water partition coefficient (Wildman–Crippen LogP) is 0.365. The van der Waals surface area contributed by atoms with Crippen molar-refractivity contribution >= 4 is 12.4 Å². The van der Waals surface area contributed by atoms with Gasteiger partial charge in [0.05, 0.1) is 19.8 Å². The summed E-state index contributed by atoms with van der Waals surface area (Å²) in [7, 11) is 1.70. The summed E-state index contributed by atoms with van der Waals surface area (Å²) in [6, 6.07) is 0.614. The van der Waals surface area contributed by atoms with Crippen molar-refractivity contribution in [1.29, 1.82) is 0 Å². The van der Waals surface area contributed by atoms with Crippen molar-refractivity contribution in [3.8, 4) is 0 Å². The highest BCUT2D eigenvalue weighted by molar-refractivity contribution is 5.85. The molecule has 5 heteroatoms. The van der Waals surface area contributed by atoms with Crippen LogP contribution in [0.5, 0.6) is 0 Å². The van der Waals surface area contributed by atoms with Gasteiger partial charge in [0.15, 0.2) is 0 Å². The maximum absolute atomic E-state index is 5.42. The molecule has 0 aromatic heterocycles. The second-order valence-corrected chi connectivity index (χ2v) is 3.76. The predicted molar refractivity (Wildman–Crippen MR) is 63.8 cm³/mol. The number of ether oxygens (including phenoxy) is 2. The van der Waals surface area contributed by atoms with Crippen molar-refractivity contribution < 1.29 is 9.47 Å². The van der Waals surface area contributed by atoms with Gasteiger partial charge in [0.25, 0.3) is 0 Å². The van der Waals surface area contributed by atoms with Crippen LogP contribution in [0, 0.1) is 0 Å². The van der Waals surface area contributed by atoms with E-state index in [4.69, 9.17) is 9.47 Å². The van der Waals surface area contributed by atoms with E-state index in [1.807, 2.05) is 0 Å². The largest absolute Gasteiger partial charge is 0.382 e. The van der Waals surface area contributed by atoms with Crippen molar-refractivity contribution in [3.05, 3.63) is 0 Å². The van der Waals surface area contributed by atoms with E-state index in [0.717, 1.165) is 32.8 Å². The van der Waals surface area contributed by atoms with Crippen LogP contribution in [-0.2, 0) is 9.47 Å². The Morgan fingerprint density at radius 1 is 1.33 bits per heavy atom. The molecule has 1 unspecified atom stereocenters. The van der Waals surface area contributed by atoms with Crippen LogP contribution in [0.3, 0.4) is 0 Å². The first-order valence-electron chi connectivity index (χ1n) is 5.35. The van der Waals surface area contributed by atoms with Gasteiger partial charge >= 0.3 is 0 Å². The van der Waals surface area contributed by atoms with E-state index in [9.17, 15) is 0 Å². The molecule has 0 aromatic carbocycles. The summed E-state index contributed by atoms with van der Waals surface area (Å²) in [5, 5.41) is 3.42. The summed E-state index contributed by atoms with van der Waals surface area (Å²) < 4.78 is 10.3. The van der Waals surface area contributed by atoms with Gasteiger partial charge in [0.2, 0.25) is 0 Å². The highest BCUT2D eigenvalue weighted by Gasteiger charge is 2.14. The first-order valence-corrected chi connectivity index (χ1v) is 5.35. The minimum atomic E-state index is 0. The fraction of sp³-hybridized carbons (Fsp3) is 1.00. The van der Waals surface area contributed by atoms with E-state index >= 15 is 0 Å². The van der Waals surface area contributed by atoms with E-state index in [2.05, 4.69) is 17.1 Å². The smallest absolute Gasteiger partial charge is 0.0700 e. The first kappa shape index (κ1) is 15.1. The minimum absolute atomic E-state index is 0. The number of halogens is 1. The van der Waals surface area contributed by atoms with E-state index < -0.39 is 0 Å². The molecular weight excluding hydrogens is 216 g/mol. The van der Waals surface area contributed by atoms with E-state index in [1.165, 1.54) is 0 Å². The summed E-state index contributed by atoms with van der Waals surface area (Å²) in [4.78, 5) is 2.44. The summed E-state index contributed by atoms with van der Waals surface area (Å²) in [5.41, 5.74) is 0.